The van der Waals surface area contributed by atoms with Gasteiger partial charge in [-0.2, -0.15) is 0 Å². The van der Waals surface area contributed by atoms with Crippen LogP contribution in [-0.4, -0.2) is 82.8 Å². The van der Waals surface area contributed by atoms with Gasteiger partial charge in [-0.3, -0.25) is 9.59 Å². The minimum absolute atomic E-state index is 0.0824. The number of ether oxygens (including phenoxy) is 5. The van der Waals surface area contributed by atoms with E-state index in [9.17, 15) is 24.3 Å². The van der Waals surface area contributed by atoms with E-state index in [1.54, 1.807) is 13.0 Å². The van der Waals surface area contributed by atoms with Crippen LogP contribution in [0.4, 0.5) is 8.78 Å². The average molecular weight is 1160 g/mol. The van der Waals surface area contributed by atoms with Crippen molar-refractivity contribution in [1.82, 2.24) is 9.80 Å². The number of halogens is 2. The summed E-state index contributed by atoms with van der Waals surface area (Å²) in [5, 5.41) is 10.5. The summed E-state index contributed by atoms with van der Waals surface area (Å²) in [6.07, 6.45) is 12.8. The van der Waals surface area contributed by atoms with Gasteiger partial charge in [-0.25, -0.2) is 18.4 Å². The van der Waals surface area contributed by atoms with Crippen molar-refractivity contribution in [3.05, 3.63) is 102 Å². The van der Waals surface area contributed by atoms with E-state index in [1.807, 2.05) is 86.0 Å². The number of carboxylic acid groups (broad SMARTS) is 1. The molecule has 4 heterocycles. The van der Waals surface area contributed by atoms with E-state index in [0.717, 1.165) is 154 Å². The molecule has 0 radical (unpaired) electrons. The normalized spacial score (nSPS) is 18.2. The molecule has 6 aliphatic rings. The lowest BCUT2D eigenvalue weighted by atomic mass is 9.78. The van der Waals surface area contributed by atoms with E-state index in [1.165, 1.54) is 18.9 Å². The molecule has 2 fully saturated rings. The third-order valence-corrected chi connectivity index (χ3v) is 18.7. The van der Waals surface area contributed by atoms with Gasteiger partial charge in [0.1, 0.15) is 0 Å². The highest BCUT2D eigenvalue weighted by Crippen LogP contribution is 2.49. The van der Waals surface area contributed by atoms with Gasteiger partial charge in [-0.05, 0) is 244 Å². The van der Waals surface area contributed by atoms with Gasteiger partial charge in [-0.1, -0.05) is 38.5 Å². The van der Waals surface area contributed by atoms with Gasteiger partial charge in [0.15, 0.2) is 35.3 Å². The zero-order valence-electron chi connectivity index (χ0n) is 52.5. The monoisotopic (exact) mass is 1160 g/mol. The van der Waals surface area contributed by atoms with E-state index in [4.69, 9.17) is 23.7 Å². The molecule has 0 aromatic heterocycles. The maximum atomic E-state index is 15.7. The van der Waals surface area contributed by atoms with E-state index < -0.39 is 47.0 Å². The van der Waals surface area contributed by atoms with Gasteiger partial charge >= 0.3 is 11.9 Å². The molecule has 84 heavy (non-hydrogen) atoms. The third kappa shape index (κ3) is 12.8. The maximum Gasteiger partial charge on any atom is 0.339 e. The first-order chi connectivity index (χ1) is 39.8. The molecule has 2 aliphatic carbocycles. The highest BCUT2D eigenvalue weighted by Gasteiger charge is 2.40. The molecular weight excluding hydrogens is 1070 g/mol. The Morgan fingerprint density at radius 2 is 0.940 bits per heavy atom. The van der Waals surface area contributed by atoms with E-state index in [-0.39, 0.29) is 30.3 Å². The van der Waals surface area contributed by atoms with Crippen LogP contribution < -0.4 is 9.47 Å². The molecule has 456 valence electrons. The largest absolute Gasteiger partial charge is 0.490 e. The molecular formula is C70H92F2N2O10. The number of carbonyl (C=O) groups excluding carboxylic acids is 3. The zero-order valence-corrected chi connectivity index (χ0v) is 52.5. The number of fused-ring (bicyclic) bond motifs is 4. The smallest absolute Gasteiger partial charge is 0.339 e. The summed E-state index contributed by atoms with van der Waals surface area (Å²) in [6.45, 7) is 28.6. The number of benzene rings is 4. The molecule has 4 aromatic rings. The van der Waals surface area contributed by atoms with Crippen LogP contribution >= 0.6 is 0 Å². The van der Waals surface area contributed by atoms with Crippen LogP contribution in [0.1, 0.15) is 216 Å². The van der Waals surface area contributed by atoms with Crippen molar-refractivity contribution in [2.45, 2.75) is 229 Å². The number of carboxylic acids is 1. The van der Waals surface area contributed by atoms with Crippen LogP contribution in [0.3, 0.4) is 0 Å². The summed E-state index contributed by atoms with van der Waals surface area (Å²) in [7, 11) is 0. The van der Waals surface area contributed by atoms with Crippen LogP contribution in [0.25, 0.3) is 22.3 Å². The van der Waals surface area contributed by atoms with Crippen LogP contribution in [0, 0.1) is 65.0 Å². The van der Waals surface area contributed by atoms with E-state index in [2.05, 4.69) is 6.92 Å². The van der Waals surface area contributed by atoms with E-state index >= 15 is 8.78 Å². The van der Waals surface area contributed by atoms with Crippen molar-refractivity contribution >= 4 is 23.8 Å². The Bertz CT molecular complexity index is 3190. The summed E-state index contributed by atoms with van der Waals surface area (Å²) >= 11 is 0. The molecule has 0 spiro atoms. The number of carbonyl (C=O) groups is 4. The van der Waals surface area contributed by atoms with Gasteiger partial charge in [0.25, 0.3) is 0 Å². The molecule has 12 nitrogen and oxygen atoms in total. The van der Waals surface area contributed by atoms with Gasteiger partial charge in [0, 0.05) is 60.3 Å². The standard InChI is InChI=1S/C36H48FNO5.C34H44FNO5/c1-8-41-35(40)33(43-36(5,6)7)31-22(3)25-16-17-38(34(39)24-13-10-9-11-14-24)20-28(25)23(4)30(31)27-19-29(37)32-26(21(27)2)15-12-18-42-32;1-19-24-13-10-16-40-30(24)27(35)17-25(19)28-21(3)26-18-36(32(37)22-11-8-7-9-12-22)15-14-23(26)20(2)29(28)31(33(38)39)41-34(4,5)6/h19,24,33H,8-18,20H2,1-7H3;17,22,31H,7-16,18H2,1-6H3,(H,38,39)/t33-;31-/m00/s1. The van der Waals surface area contributed by atoms with Crippen LogP contribution in [0.2, 0.25) is 0 Å². The molecule has 10 rings (SSSR count). The average Bonchev–Trinajstić information content (AvgIpc) is 2.89. The van der Waals surface area contributed by atoms with Crippen molar-refractivity contribution in [3.8, 4) is 33.8 Å². The first kappa shape index (κ1) is 62.7. The lowest BCUT2D eigenvalue weighted by molar-refractivity contribution is -0.166. The Morgan fingerprint density at radius 3 is 1.32 bits per heavy atom. The maximum absolute atomic E-state index is 15.7. The van der Waals surface area contributed by atoms with Crippen molar-refractivity contribution in [2.24, 2.45) is 11.8 Å². The van der Waals surface area contributed by atoms with Crippen LogP contribution in [-0.2, 0) is 72.2 Å². The van der Waals surface area contributed by atoms with Gasteiger partial charge < -0.3 is 38.6 Å². The molecule has 0 saturated heterocycles. The van der Waals surface area contributed by atoms with E-state index in [0.29, 0.717) is 86.8 Å². The first-order valence-corrected chi connectivity index (χ1v) is 31.3. The summed E-state index contributed by atoms with van der Waals surface area (Å²) in [4.78, 5) is 57.7. The molecule has 2 atom stereocenters. The SMILES string of the molecule is CCOC(=O)[C@@H](OC(C)(C)C)c1c(C)c2c(c(C)c1-c1cc(F)c3c(c1C)CCCO3)CN(C(=O)C1CCCCC1)CC2.Cc1c(-c2c(C)c3c(c(C)c2[C@H](OC(C)(C)C)C(=O)O)CCN(C(=O)C2CCCCC2)C3)cc(F)c2c1CCCO2. The number of esters is 1. The highest BCUT2D eigenvalue weighted by atomic mass is 19.1. The predicted molar refractivity (Wildman–Crippen MR) is 323 cm³/mol. The fourth-order valence-electron chi connectivity index (χ4n) is 14.6. The van der Waals surface area contributed by atoms with Crippen molar-refractivity contribution in [2.75, 3.05) is 32.9 Å². The Balaban J connectivity index is 0.000000202. The third-order valence-electron chi connectivity index (χ3n) is 18.7. The fourth-order valence-corrected chi connectivity index (χ4v) is 14.6. The van der Waals surface area contributed by atoms with Crippen molar-refractivity contribution < 1.29 is 56.7 Å². The Kier molecular flexibility index (Phi) is 19.1. The lowest BCUT2D eigenvalue weighted by Gasteiger charge is -2.37. The predicted octanol–water partition coefficient (Wildman–Crippen LogP) is 14.8. The Morgan fingerprint density at radius 1 is 0.548 bits per heavy atom. The molecule has 2 amide bonds. The number of rotatable bonds is 11. The van der Waals surface area contributed by atoms with Gasteiger partial charge in [-0.15, -0.1) is 0 Å². The molecule has 0 bridgehead atoms. The fraction of sp³-hybridized carbons (Fsp3) is 0.600. The number of hydrogen-bond donors (Lipinski definition) is 1. The number of nitrogens with zero attached hydrogens (tertiary/aromatic N) is 2. The van der Waals surface area contributed by atoms with Crippen LogP contribution in [0.5, 0.6) is 11.5 Å². The number of amides is 2. The summed E-state index contributed by atoms with van der Waals surface area (Å²) in [5.41, 5.74) is 14.5. The van der Waals surface area contributed by atoms with Crippen molar-refractivity contribution in [3.63, 3.8) is 0 Å². The molecule has 4 aromatic carbocycles. The quantitative estimate of drug-likeness (QED) is 0.144. The zero-order chi connectivity index (χ0) is 60.7. The highest BCUT2D eigenvalue weighted by molar-refractivity contribution is 5.89. The Labute approximate surface area is 497 Å². The Hall–Kier alpha value is -5.86. The topological polar surface area (TPSA) is 141 Å². The second kappa shape index (κ2) is 25.6. The molecule has 4 aliphatic heterocycles. The van der Waals surface area contributed by atoms with Crippen LogP contribution in [0.15, 0.2) is 12.1 Å². The molecule has 0 unspecified atom stereocenters. The number of aliphatic carboxylic acids is 1. The van der Waals surface area contributed by atoms with Gasteiger partial charge in [0.2, 0.25) is 11.8 Å². The molecule has 14 heteroatoms. The molecule has 1 N–H and O–H groups in total. The summed E-state index contributed by atoms with van der Waals surface area (Å²) < 4.78 is 61.1. The lowest BCUT2D eigenvalue weighted by Crippen LogP contribution is -2.41. The summed E-state index contributed by atoms with van der Waals surface area (Å²) in [6, 6.07) is 3.06. The second-order valence-corrected chi connectivity index (χ2v) is 26.6. The molecule has 2 saturated carbocycles. The second-order valence-electron chi connectivity index (χ2n) is 26.6. The minimum atomic E-state index is -1.23. The summed E-state index contributed by atoms with van der Waals surface area (Å²) in [5.74, 6) is -1.06. The first-order valence-electron chi connectivity index (χ1n) is 31.3. The van der Waals surface area contributed by atoms with Gasteiger partial charge in [0.05, 0.1) is 31.0 Å². The van der Waals surface area contributed by atoms with Crippen molar-refractivity contribution in [1.29, 1.82) is 0 Å². The minimum Gasteiger partial charge on any atom is -0.490 e. The number of hydrogen-bond acceptors (Lipinski definition) is 9.